The molecule has 0 aliphatic rings. The Morgan fingerprint density at radius 1 is 0.938 bits per heavy atom. The average Bonchev–Trinajstić information content (AvgIpc) is 3.26. The molecule has 4 unspecified atom stereocenters. The smallest absolute Gasteiger partial charge is 0.326 e. The minimum absolute atomic E-state index is 0.158. The third kappa shape index (κ3) is 8.66. The molecule has 10 N–H and O–H groups in total. The molecule has 0 saturated heterocycles. The number of H-pyrrole nitrogens is 1. The molecule has 0 aliphatic heterocycles. The molecule has 0 bridgehead atoms. The number of nitrogens with one attached hydrogen (secondary N) is 4. The fourth-order valence-corrected chi connectivity index (χ4v) is 2.45. The van der Waals surface area contributed by atoms with Crippen molar-refractivity contribution in [3.63, 3.8) is 0 Å². The first-order valence-corrected chi connectivity index (χ1v) is 9.39. The summed E-state index contributed by atoms with van der Waals surface area (Å²) in [6.45, 7) is -1.61. The summed E-state index contributed by atoms with van der Waals surface area (Å²) in [5.74, 6) is -5.63. The number of carbonyl (C=O) groups is 5. The maximum atomic E-state index is 12.6. The van der Waals surface area contributed by atoms with Gasteiger partial charge >= 0.3 is 11.9 Å². The number of aromatic amines is 1. The number of aromatic nitrogens is 2. The van der Waals surface area contributed by atoms with Gasteiger partial charge in [0.1, 0.15) is 24.2 Å². The first-order chi connectivity index (χ1) is 15.1. The van der Waals surface area contributed by atoms with Gasteiger partial charge in [-0.3, -0.25) is 19.2 Å². The highest BCUT2D eigenvalue weighted by molar-refractivity contribution is 5.94. The number of aliphatic hydroxyl groups excluding tert-OH is 2. The van der Waals surface area contributed by atoms with Crippen molar-refractivity contribution in [2.75, 3.05) is 13.2 Å². The van der Waals surface area contributed by atoms with Crippen molar-refractivity contribution in [1.29, 1.82) is 0 Å². The number of carbonyl (C=O) groups excluding carboxylic acids is 3. The lowest BCUT2D eigenvalue weighted by molar-refractivity contribution is -0.143. The van der Waals surface area contributed by atoms with Gasteiger partial charge in [0.25, 0.3) is 0 Å². The van der Waals surface area contributed by atoms with Crippen molar-refractivity contribution in [2.45, 2.75) is 43.4 Å². The Balaban J connectivity index is 2.90. The van der Waals surface area contributed by atoms with E-state index >= 15 is 0 Å². The predicted molar refractivity (Wildman–Crippen MR) is 105 cm³/mol. The monoisotopic (exact) mass is 458 g/mol. The molecule has 0 saturated carbocycles. The summed E-state index contributed by atoms with van der Waals surface area (Å²) >= 11 is 0. The van der Waals surface area contributed by atoms with Crippen LogP contribution in [0.3, 0.4) is 0 Å². The van der Waals surface area contributed by atoms with E-state index in [1.807, 2.05) is 0 Å². The van der Waals surface area contributed by atoms with Crippen molar-refractivity contribution in [2.24, 2.45) is 5.73 Å². The first-order valence-electron chi connectivity index (χ1n) is 9.39. The van der Waals surface area contributed by atoms with Gasteiger partial charge in [-0.15, -0.1) is 0 Å². The van der Waals surface area contributed by atoms with Gasteiger partial charge in [0.2, 0.25) is 17.7 Å². The third-order valence-electron chi connectivity index (χ3n) is 4.22. The largest absolute Gasteiger partial charge is 0.481 e. The zero-order valence-electron chi connectivity index (χ0n) is 16.9. The van der Waals surface area contributed by atoms with Gasteiger partial charge in [0, 0.05) is 24.7 Å². The zero-order chi connectivity index (χ0) is 24.3. The highest BCUT2D eigenvalue weighted by Gasteiger charge is 2.30. The summed E-state index contributed by atoms with van der Waals surface area (Å²) in [5.41, 5.74) is 5.73. The summed E-state index contributed by atoms with van der Waals surface area (Å²) in [7, 11) is 0. The Bertz CT molecular complexity index is 800. The summed E-state index contributed by atoms with van der Waals surface area (Å²) in [6.07, 6.45) is 1.58. The molecule has 0 aromatic carbocycles. The Hall–Kier alpha value is -3.56. The molecule has 1 aromatic heterocycles. The van der Waals surface area contributed by atoms with Crippen LogP contribution >= 0.6 is 0 Å². The third-order valence-corrected chi connectivity index (χ3v) is 4.22. The van der Waals surface area contributed by atoms with Gasteiger partial charge in [-0.05, 0) is 6.42 Å². The van der Waals surface area contributed by atoms with Gasteiger partial charge in [-0.2, -0.15) is 0 Å². The second-order valence-electron chi connectivity index (χ2n) is 6.71. The van der Waals surface area contributed by atoms with Crippen molar-refractivity contribution < 1.29 is 44.4 Å². The molecule has 1 heterocycles. The quantitative estimate of drug-likeness (QED) is 0.129. The second kappa shape index (κ2) is 13.0. The number of hydrogen-bond acceptors (Lipinski definition) is 9. The van der Waals surface area contributed by atoms with E-state index in [9.17, 15) is 34.2 Å². The molecule has 15 nitrogen and oxygen atoms in total. The molecule has 15 heteroatoms. The van der Waals surface area contributed by atoms with Gasteiger partial charge < -0.3 is 47.1 Å². The van der Waals surface area contributed by atoms with Gasteiger partial charge in [-0.1, -0.05) is 0 Å². The molecule has 3 amide bonds. The standard InChI is InChI=1S/C17H26N6O9/c18-9(5-24)14(28)23-12(6-25)16(30)21-10(1-2-13(26)27)15(29)22-11(17(31)32)3-8-4-19-7-20-8/h4,7,9-12,24-25H,1-3,5-6,18H2,(H,19,20)(H,21,30)(H,22,29)(H,23,28)(H,26,27)(H,31,32). The van der Waals surface area contributed by atoms with Crippen LogP contribution < -0.4 is 21.7 Å². The normalized spacial score (nSPS) is 14.5. The summed E-state index contributed by atoms with van der Waals surface area (Å²) < 4.78 is 0. The van der Waals surface area contributed by atoms with E-state index in [0.717, 1.165) is 0 Å². The zero-order valence-corrected chi connectivity index (χ0v) is 16.9. The van der Waals surface area contributed by atoms with Crippen molar-refractivity contribution in [1.82, 2.24) is 25.9 Å². The SMILES string of the molecule is NC(CO)C(=O)NC(CO)C(=O)NC(CCC(=O)O)C(=O)NC(Cc1cnc[nH]1)C(=O)O. The first kappa shape index (κ1) is 26.5. The summed E-state index contributed by atoms with van der Waals surface area (Å²) in [4.78, 5) is 65.6. The molecule has 1 aromatic rings. The van der Waals surface area contributed by atoms with E-state index in [1.165, 1.54) is 12.5 Å². The number of nitrogens with zero attached hydrogens (tertiary/aromatic N) is 1. The molecular weight excluding hydrogens is 432 g/mol. The van der Waals surface area contributed by atoms with Crippen LogP contribution in [-0.4, -0.2) is 97.4 Å². The van der Waals surface area contributed by atoms with Gasteiger partial charge in [0.15, 0.2) is 0 Å². The molecule has 178 valence electrons. The van der Waals surface area contributed by atoms with Crippen molar-refractivity contribution >= 4 is 29.7 Å². The number of imidazole rings is 1. The van der Waals surface area contributed by atoms with Crippen LogP contribution in [0.25, 0.3) is 0 Å². The molecule has 0 spiro atoms. The number of rotatable bonds is 14. The summed E-state index contributed by atoms with van der Waals surface area (Å²) in [6, 6.07) is -5.81. The average molecular weight is 458 g/mol. The van der Waals surface area contributed by atoms with Crippen LogP contribution in [0.2, 0.25) is 0 Å². The predicted octanol–water partition coefficient (Wildman–Crippen LogP) is -4.33. The van der Waals surface area contributed by atoms with Crippen LogP contribution in [0.15, 0.2) is 12.5 Å². The maximum Gasteiger partial charge on any atom is 0.326 e. The highest BCUT2D eigenvalue weighted by atomic mass is 16.4. The number of carboxylic acid groups (broad SMARTS) is 2. The molecule has 0 radical (unpaired) electrons. The number of hydrogen-bond donors (Lipinski definition) is 9. The van der Waals surface area contributed by atoms with Crippen LogP contribution in [0, 0.1) is 0 Å². The van der Waals surface area contributed by atoms with Crippen molar-refractivity contribution in [3.05, 3.63) is 18.2 Å². The molecule has 32 heavy (non-hydrogen) atoms. The topological polar surface area (TPSA) is 257 Å². The van der Waals surface area contributed by atoms with E-state index in [4.69, 9.17) is 15.9 Å². The second-order valence-corrected chi connectivity index (χ2v) is 6.71. The van der Waals surface area contributed by atoms with Crippen LogP contribution in [0.5, 0.6) is 0 Å². The maximum absolute atomic E-state index is 12.6. The molecular formula is C17H26N6O9. The van der Waals surface area contributed by atoms with E-state index in [0.29, 0.717) is 5.69 Å². The Morgan fingerprint density at radius 3 is 2.03 bits per heavy atom. The van der Waals surface area contributed by atoms with Crippen molar-refractivity contribution in [3.8, 4) is 0 Å². The Morgan fingerprint density at radius 2 is 1.53 bits per heavy atom. The number of aliphatic carboxylic acids is 2. The lowest BCUT2D eigenvalue weighted by Crippen LogP contribution is -2.58. The number of aliphatic hydroxyl groups is 2. The van der Waals surface area contributed by atoms with E-state index < -0.39 is 79.9 Å². The van der Waals surface area contributed by atoms with Crippen LogP contribution in [0.4, 0.5) is 0 Å². The minimum atomic E-state index is -1.56. The Labute approximate surface area is 181 Å². The Kier molecular flexibility index (Phi) is 10.7. The summed E-state index contributed by atoms with van der Waals surface area (Å²) in [5, 5.41) is 43.0. The number of nitrogens with two attached hydrogens (primary N) is 1. The lowest BCUT2D eigenvalue weighted by atomic mass is 10.1. The van der Waals surface area contributed by atoms with Gasteiger partial charge in [-0.25, -0.2) is 9.78 Å². The van der Waals surface area contributed by atoms with Crippen LogP contribution in [-0.2, 0) is 30.4 Å². The molecule has 0 aliphatic carbocycles. The molecule has 4 atom stereocenters. The molecule has 1 rings (SSSR count). The fourth-order valence-electron chi connectivity index (χ4n) is 2.45. The van der Waals surface area contributed by atoms with Crippen LogP contribution in [0.1, 0.15) is 18.5 Å². The molecule has 0 fully saturated rings. The van der Waals surface area contributed by atoms with Gasteiger partial charge in [0.05, 0.1) is 19.5 Å². The fraction of sp³-hybridized carbons (Fsp3) is 0.529. The number of amides is 3. The highest BCUT2D eigenvalue weighted by Crippen LogP contribution is 2.04. The lowest BCUT2D eigenvalue weighted by Gasteiger charge is -2.24. The van der Waals surface area contributed by atoms with E-state index in [2.05, 4.69) is 25.9 Å². The van der Waals surface area contributed by atoms with E-state index in [-0.39, 0.29) is 6.42 Å². The number of carboxylic acids is 2. The van der Waals surface area contributed by atoms with E-state index in [1.54, 1.807) is 0 Å². The minimum Gasteiger partial charge on any atom is -0.481 e.